The molecule has 2 heterocycles. The molecule has 0 amide bonds. The summed E-state index contributed by atoms with van der Waals surface area (Å²) < 4.78 is 1.07. The van der Waals surface area contributed by atoms with Gasteiger partial charge in [0, 0.05) is 29.1 Å². The Hall–Kier alpha value is -1.16. The zero-order valence-corrected chi connectivity index (χ0v) is 11.3. The number of fused-ring (bicyclic) bond motifs is 1. The Bertz CT molecular complexity index is 555. The molecule has 1 aliphatic heterocycles. The smallest absolute Gasteiger partial charge is 0.225 e. The molecule has 1 aromatic heterocycles. The molecule has 1 saturated heterocycles. The predicted octanol–water partition coefficient (Wildman–Crippen LogP) is 3.24. The second-order valence-corrected chi connectivity index (χ2v) is 5.63. The Morgan fingerprint density at radius 2 is 2.29 bits per heavy atom. The third-order valence-corrected chi connectivity index (χ3v) is 3.73. The molecule has 4 heteroatoms. The molecule has 0 N–H and O–H groups in total. The number of rotatable bonds is 1. The average molecular weight is 292 g/mol. The van der Waals surface area contributed by atoms with E-state index in [0.29, 0.717) is 0 Å². The van der Waals surface area contributed by atoms with E-state index >= 15 is 0 Å². The number of aromatic nitrogens is 2. The molecule has 1 atom stereocenters. The molecule has 88 valence electrons. The van der Waals surface area contributed by atoms with Crippen LogP contribution in [0.15, 0.2) is 28.9 Å². The zero-order chi connectivity index (χ0) is 11.8. The van der Waals surface area contributed by atoms with Crippen LogP contribution in [0.1, 0.15) is 13.3 Å². The molecule has 17 heavy (non-hydrogen) atoms. The van der Waals surface area contributed by atoms with E-state index < -0.39 is 0 Å². The highest BCUT2D eigenvalue weighted by atomic mass is 79.9. The molecular weight excluding hydrogens is 278 g/mol. The number of benzene rings is 1. The van der Waals surface area contributed by atoms with Crippen molar-refractivity contribution in [2.24, 2.45) is 5.92 Å². The summed E-state index contributed by atoms with van der Waals surface area (Å²) in [6.45, 7) is 4.42. The monoisotopic (exact) mass is 291 g/mol. The van der Waals surface area contributed by atoms with Gasteiger partial charge < -0.3 is 4.90 Å². The fourth-order valence-corrected chi connectivity index (χ4v) is 2.64. The third kappa shape index (κ3) is 2.14. The van der Waals surface area contributed by atoms with Crippen molar-refractivity contribution in [1.82, 2.24) is 9.97 Å². The standard InChI is InChI=1S/C13H14BrN3/c1-9-4-5-17(8-9)13-15-7-10-6-11(14)2-3-12(10)16-13/h2-3,6-7,9H,4-5,8H2,1H3. The molecule has 1 aromatic carbocycles. The SMILES string of the molecule is CC1CCN(c2ncc3cc(Br)ccc3n2)C1. The lowest BCUT2D eigenvalue weighted by Gasteiger charge is -2.15. The maximum Gasteiger partial charge on any atom is 0.225 e. The van der Waals surface area contributed by atoms with Crippen molar-refractivity contribution >= 4 is 32.8 Å². The molecule has 3 nitrogen and oxygen atoms in total. The van der Waals surface area contributed by atoms with Gasteiger partial charge in [0.2, 0.25) is 5.95 Å². The van der Waals surface area contributed by atoms with Gasteiger partial charge in [-0.2, -0.15) is 0 Å². The summed E-state index contributed by atoms with van der Waals surface area (Å²) in [7, 11) is 0. The van der Waals surface area contributed by atoms with Gasteiger partial charge in [0.25, 0.3) is 0 Å². The lowest BCUT2D eigenvalue weighted by molar-refractivity contribution is 0.658. The fraction of sp³-hybridized carbons (Fsp3) is 0.385. The normalized spacial score (nSPS) is 20.1. The van der Waals surface area contributed by atoms with E-state index in [1.54, 1.807) is 0 Å². The number of hydrogen-bond acceptors (Lipinski definition) is 3. The summed E-state index contributed by atoms with van der Waals surface area (Å²) >= 11 is 3.46. The second kappa shape index (κ2) is 4.26. The van der Waals surface area contributed by atoms with Gasteiger partial charge in [-0.3, -0.25) is 0 Å². The van der Waals surface area contributed by atoms with Crippen molar-refractivity contribution in [3.8, 4) is 0 Å². The van der Waals surface area contributed by atoms with Gasteiger partial charge in [0.1, 0.15) is 0 Å². The van der Waals surface area contributed by atoms with Crippen molar-refractivity contribution < 1.29 is 0 Å². The highest BCUT2D eigenvalue weighted by Gasteiger charge is 2.20. The molecule has 0 bridgehead atoms. The summed E-state index contributed by atoms with van der Waals surface area (Å²) in [5.74, 6) is 1.61. The largest absolute Gasteiger partial charge is 0.341 e. The van der Waals surface area contributed by atoms with Gasteiger partial charge in [-0.1, -0.05) is 22.9 Å². The van der Waals surface area contributed by atoms with E-state index in [9.17, 15) is 0 Å². The highest BCUT2D eigenvalue weighted by molar-refractivity contribution is 9.10. The van der Waals surface area contributed by atoms with Crippen LogP contribution in [-0.2, 0) is 0 Å². The van der Waals surface area contributed by atoms with E-state index in [0.717, 1.165) is 40.3 Å². The molecule has 0 saturated carbocycles. The van der Waals surface area contributed by atoms with Gasteiger partial charge in [-0.25, -0.2) is 9.97 Å². The summed E-state index contributed by atoms with van der Waals surface area (Å²) in [5.41, 5.74) is 1.01. The van der Waals surface area contributed by atoms with E-state index in [1.807, 2.05) is 24.4 Å². The number of anilines is 1. The van der Waals surface area contributed by atoms with Crippen molar-refractivity contribution in [1.29, 1.82) is 0 Å². The van der Waals surface area contributed by atoms with Crippen LogP contribution in [0, 0.1) is 5.92 Å². The van der Waals surface area contributed by atoms with E-state index in [4.69, 9.17) is 0 Å². The van der Waals surface area contributed by atoms with Crippen LogP contribution in [0.4, 0.5) is 5.95 Å². The van der Waals surface area contributed by atoms with Gasteiger partial charge in [0.05, 0.1) is 5.52 Å². The Kier molecular flexibility index (Phi) is 2.74. The molecular formula is C13H14BrN3. The van der Waals surface area contributed by atoms with Crippen LogP contribution in [0.25, 0.3) is 10.9 Å². The third-order valence-electron chi connectivity index (χ3n) is 3.24. The lowest BCUT2D eigenvalue weighted by atomic mass is 10.2. The van der Waals surface area contributed by atoms with Crippen molar-refractivity contribution in [3.63, 3.8) is 0 Å². The quantitative estimate of drug-likeness (QED) is 0.808. The minimum atomic E-state index is 0.749. The van der Waals surface area contributed by atoms with Gasteiger partial charge in [-0.15, -0.1) is 0 Å². The summed E-state index contributed by atoms with van der Waals surface area (Å²) in [6, 6.07) is 6.10. The van der Waals surface area contributed by atoms with Crippen molar-refractivity contribution in [2.75, 3.05) is 18.0 Å². The molecule has 0 radical (unpaired) electrons. The van der Waals surface area contributed by atoms with Crippen LogP contribution in [0.3, 0.4) is 0 Å². The van der Waals surface area contributed by atoms with Crippen molar-refractivity contribution in [2.45, 2.75) is 13.3 Å². The Labute approximate surface area is 109 Å². The Balaban J connectivity index is 1.99. The topological polar surface area (TPSA) is 29.0 Å². The molecule has 3 rings (SSSR count). The van der Waals surface area contributed by atoms with Crippen LogP contribution in [0.5, 0.6) is 0 Å². The first-order valence-corrected chi connectivity index (χ1v) is 6.69. The first-order valence-electron chi connectivity index (χ1n) is 5.89. The van der Waals surface area contributed by atoms with E-state index in [-0.39, 0.29) is 0 Å². The van der Waals surface area contributed by atoms with Crippen LogP contribution in [0.2, 0.25) is 0 Å². The Morgan fingerprint density at radius 3 is 3.06 bits per heavy atom. The number of halogens is 1. The maximum atomic E-state index is 4.63. The molecule has 2 aromatic rings. The molecule has 1 aliphatic rings. The molecule has 1 fully saturated rings. The number of hydrogen-bond donors (Lipinski definition) is 0. The summed E-state index contributed by atoms with van der Waals surface area (Å²) in [6.07, 6.45) is 3.15. The van der Waals surface area contributed by atoms with Crippen LogP contribution in [-0.4, -0.2) is 23.1 Å². The van der Waals surface area contributed by atoms with Gasteiger partial charge >= 0.3 is 0 Å². The van der Waals surface area contributed by atoms with E-state index in [2.05, 4.69) is 37.7 Å². The van der Waals surface area contributed by atoms with E-state index in [1.165, 1.54) is 6.42 Å². The first-order chi connectivity index (χ1) is 8.22. The second-order valence-electron chi connectivity index (χ2n) is 4.71. The highest BCUT2D eigenvalue weighted by Crippen LogP contribution is 2.23. The first kappa shape index (κ1) is 11.0. The average Bonchev–Trinajstić information content (AvgIpc) is 2.75. The molecule has 0 spiro atoms. The summed E-state index contributed by atoms with van der Waals surface area (Å²) in [4.78, 5) is 11.4. The van der Waals surface area contributed by atoms with Crippen LogP contribution >= 0.6 is 15.9 Å². The summed E-state index contributed by atoms with van der Waals surface area (Å²) in [5, 5.41) is 1.08. The molecule has 1 unspecified atom stereocenters. The van der Waals surface area contributed by atoms with Crippen molar-refractivity contribution in [3.05, 3.63) is 28.9 Å². The number of nitrogens with zero attached hydrogens (tertiary/aromatic N) is 3. The van der Waals surface area contributed by atoms with Gasteiger partial charge in [-0.05, 0) is 30.5 Å². The maximum absolute atomic E-state index is 4.63. The Morgan fingerprint density at radius 1 is 1.41 bits per heavy atom. The minimum absolute atomic E-state index is 0.749. The van der Waals surface area contributed by atoms with Gasteiger partial charge in [0.15, 0.2) is 0 Å². The fourth-order valence-electron chi connectivity index (χ4n) is 2.26. The minimum Gasteiger partial charge on any atom is -0.341 e. The van der Waals surface area contributed by atoms with Crippen LogP contribution < -0.4 is 4.90 Å². The predicted molar refractivity (Wildman–Crippen MR) is 73.2 cm³/mol. The zero-order valence-electron chi connectivity index (χ0n) is 9.73. The lowest BCUT2D eigenvalue weighted by Crippen LogP contribution is -2.21. The molecule has 0 aliphatic carbocycles.